The summed E-state index contributed by atoms with van der Waals surface area (Å²) in [6, 6.07) is 3.05. The molecule has 17 heavy (non-hydrogen) atoms. The Kier molecular flexibility index (Phi) is 3.31. The topological polar surface area (TPSA) is 39.2 Å². The molecule has 0 amide bonds. The molecule has 0 radical (unpaired) electrons. The fraction of sp³-hybridized carbons (Fsp3) is 0.167. The first-order valence-electron chi connectivity index (χ1n) is 4.94. The lowest BCUT2D eigenvalue weighted by Gasteiger charge is -2.12. The third kappa shape index (κ3) is 2.25. The molecule has 0 aliphatic heterocycles. The summed E-state index contributed by atoms with van der Waals surface area (Å²) >= 11 is 2.91. The van der Waals surface area contributed by atoms with Crippen molar-refractivity contribution in [2.75, 3.05) is 0 Å². The first kappa shape index (κ1) is 12.3. The summed E-state index contributed by atoms with van der Waals surface area (Å²) in [6.07, 6.45) is 1.47. The molecular weight excluding hydrogens is 292 g/mol. The van der Waals surface area contributed by atoms with Crippen LogP contribution in [0, 0.1) is 18.6 Å². The highest BCUT2D eigenvalue weighted by Crippen LogP contribution is 2.28. The quantitative estimate of drug-likeness (QED) is 0.860. The van der Waals surface area contributed by atoms with Crippen molar-refractivity contribution in [3.8, 4) is 0 Å². The minimum Gasteiger partial charge on any atom is -0.467 e. The van der Waals surface area contributed by atoms with E-state index in [-0.39, 0.29) is 10.0 Å². The minimum atomic E-state index is -0.812. The van der Waals surface area contributed by atoms with Gasteiger partial charge in [-0.25, -0.2) is 8.78 Å². The van der Waals surface area contributed by atoms with Crippen LogP contribution in [0.4, 0.5) is 8.78 Å². The first-order valence-corrected chi connectivity index (χ1v) is 5.74. The maximum Gasteiger partial charge on any atom is 0.137 e. The molecule has 0 spiro atoms. The molecule has 1 heterocycles. The lowest BCUT2D eigenvalue weighted by atomic mass is 10.0. The van der Waals surface area contributed by atoms with E-state index >= 15 is 0 Å². The van der Waals surface area contributed by atoms with Crippen molar-refractivity contribution in [2.45, 2.75) is 13.0 Å². The largest absolute Gasteiger partial charge is 0.467 e. The van der Waals surface area contributed by atoms with Crippen LogP contribution in [0.15, 0.2) is 33.4 Å². The first-order chi connectivity index (χ1) is 8.00. The fourth-order valence-electron chi connectivity index (χ4n) is 1.62. The van der Waals surface area contributed by atoms with Gasteiger partial charge in [-0.15, -0.1) is 0 Å². The van der Waals surface area contributed by atoms with Gasteiger partial charge in [0.05, 0.1) is 16.8 Å². The smallest absolute Gasteiger partial charge is 0.137 e. The van der Waals surface area contributed by atoms with Gasteiger partial charge in [0, 0.05) is 5.56 Å². The molecule has 2 aromatic rings. The molecule has 0 bridgehead atoms. The number of hydrogen-bond donors (Lipinski definition) is 1. The van der Waals surface area contributed by atoms with E-state index in [1.54, 1.807) is 13.0 Å². The fourth-order valence-corrected chi connectivity index (χ4v) is 1.94. The van der Waals surface area contributed by atoms with Gasteiger partial charge in [-0.1, -0.05) is 0 Å². The van der Waals surface area contributed by atoms with Gasteiger partial charge >= 0.3 is 0 Å². The van der Waals surface area contributed by atoms with E-state index in [2.05, 4.69) is 15.9 Å². The number of aryl methyl sites for hydroxylation is 1. The molecule has 2 nitrogen and oxygen atoms in total. The van der Waals surface area contributed by atoms with E-state index in [0.29, 0.717) is 5.76 Å². The number of furan rings is 1. The van der Waals surface area contributed by atoms with Crippen LogP contribution in [0.25, 0.3) is 0 Å². The molecule has 1 atom stereocenters. The molecule has 2 rings (SSSR count). The zero-order valence-electron chi connectivity index (χ0n) is 9.01. The van der Waals surface area contributed by atoms with Crippen molar-refractivity contribution < 1.29 is 13.2 Å². The maximum absolute atomic E-state index is 13.7. The predicted molar refractivity (Wildman–Crippen MR) is 63.5 cm³/mol. The second kappa shape index (κ2) is 4.58. The van der Waals surface area contributed by atoms with Crippen LogP contribution in [0.5, 0.6) is 0 Å². The third-order valence-electron chi connectivity index (χ3n) is 2.56. The van der Waals surface area contributed by atoms with Gasteiger partial charge in [0.2, 0.25) is 0 Å². The molecule has 1 unspecified atom stereocenters. The van der Waals surface area contributed by atoms with Gasteiger partial charge in [0.15, 0.2) is 0 Å². The maximum atomic E-state index is 13.7. The van der Waals surface area contributed by atoms with Crippen LogP contribution in [-0.4, -0.2) is 0 Å². The lowest BCUT2D eigenvalue weighted by molar-refractivity contribution is 0.475. The summed E-state index contributed by atoms with van der Waals surface area (Å²) in [7, 11) is 0. The second-order valence-electron chi connectivity index (χ2n) is 3.73. The van der Waals surface area contributed by atoms with Crippen LogP contribution in [0.2, 0.25) is 0 Å². The van der Waals surface area contributed by atoms with Crippen LogP contribution >= 0.6 is 15.9 Å². The van der Waals surface area contributed by atoms with Crippen molar-refractivity contribution in [3.63, 3.8) is 0 Å². The number of halogens is 3. The number of rotatable bonds is 2. The summed E-state index contributed by atoms with van der Waals surface area (Å²) in [4.78, 5) is 0. The van der Waals surface area contributed by atoms with Crippen molar-refractivity contribution in [2.24, 2.45) is 5.73 Å². The minimum absolute atomic E-state index is 0.0714. The Bertz CT molecular complexity index is 553. The van der Waals surface area contributed by atoms with Crippen LogP contribution in [0.3, 0.4) is 0 Å². The Morgan fingerprint density at radius 1 is 1.29 bits per heavy atom. The standard InChI is InChI=1S/C12H10BrF2NO/c1-6-2-3-17-12(6)11(16)7-4-10(15)8(13)5-9(7)14/h2-5,11H,16H2,1H3. The monoisotopic (exact) mass is 301 g/mol. The van der Waals surface area contributed by atoms with Gasteiger partial charge in [-0.2, -0.15) is 0 Å². The summed E-state index contributed by atoms with van der Waals surface area (Å²) in [6.45, 7) is 1.80. The Labute approximate surface area is 106 Å². The van der Waals surface area contributed by atoms with Crippen LogP contribution in [-0.2, 0) is 0 Å². The SMILES string of the molecule is Cc1ccoc1C(N)c1cc(F)c(Br)cc1F. The molecule has 1 aromatic heterocycles. The van der Waals surface area contributed by atoms with E-state index in [4.69, 9.17) is 10.2 Å². The van der Waals surface area contributed by atoms with E-state index in [1.807, 2.05) is 0 Å². The molecule has 2 N–H and O–H groups in total. The van der Waals surface area contributed by atoms with Crippen molar-refractivity contribution in [3.05, 3.63) is 57.5 Å². The van der Waals surface area contributed by atoms with Gasteiger partial charge < -0.3 is 10.2 Å². The highest BCUT2D eigenvalue weighted by atomic mass is 79.9. The Morgan fingerprint density at radius 2 is 2.00 bits per heavy atom. The summed E-state index contributed by atoms with van der Waals surface area (Å²) in [5.41, 5.74) is 6.74. The highest BCUT2D eigenvalue weighted by Gasteiger charge is 2.20. The molecule has 0 saturated heterocycles. The lowest BCUT2D eigenvalue weighted by Crippen LogP contribution is -2.14. The zero-order valence-corrected chi connectivity index (χ0v) is 10.6. The second-order valence-corrected chi connectivity index (χ2v) is 4.59. The third-order valence-corrected chi connectivity index (χ3v) is 3.17. The Hall–Kier alpha value is -1.20. The molecular formula is C12H10BrF2NO. The molecule has 5 heteroatoms. The number of nitrogens with two attached hydrogens (primary N) is 1. The van der Waals surface area contributed by atoms with Crippen molar-refractivity contribution in [1.29, 1.82) is 0 Å². The molecule has 0 fully saturated rings. The summed E-state index contributed by atoms with van der Waals surface area (Å²) in [5.74, 6) is -0.687. The highest BCUT2D eigenvalue weighted by molar-refractivity contribution is 9.10. The van der Waals surface area contributed by atoms with E-state index in [9.17, 15) is 8.78 Å². The van der Waals surface area contributed by atoms with Crippen LogP contribution in [0.1, 0.15) is 22.9 Å². The van der Waals surface area contributed by atoms with Crippen molar-refractivity contribution in [1.82, 2.24) is 0 Å². The Balaban J connectivity index is 2.48. The van der Waals surface area contributed by atoms with E-state index in [1.165, 1.54) is 6.26 Å². The Morgan fingerprint density at radius 3 is 2.59 bits per heavy atom. The molecule has 0 saturated carbocycles. The zero-order chi connectivity index (χ0) is 12.6. The predicted octanol–water partition coefficient (Wildman–Crippen LogP) is 3.68. The average Bonchev–Trinajstić information content (AvgIpc) is 2.69. The number of hydrogen-bond acceptors (Lipinski definition) is 2. The summed E-state index contributed by atoms with van der Waals surface area (Å²) < 4.78 is 32.3. The number of benzene rings is 1. The van der Waals surface area contributed by atoms with Gasteiger partial charge in [-0.05, 0) is 46.6 Å². The van der Waals surface area contributed by atoms with Gasteiger partial charge in [-0.3, -0.25) is 0 Å². The average molecular weight is 302 g/mol. The van der Waals surface area contributed by atoms with E-state index in [0.717, 1.165) is 17.7 Å². The summed E-state index contributed by atoms with van der Waals surface area (Å²) in [5, 5.41) is 0. The normalized spacial score (nSPS) is 12.8. The van der Waals surface area contributed by atoms with E-state index < -0.39 is 17.7 Å². The van der Waals surface area contributed by atoms with Crippen molar-refractivity contribution >= 4 is 15.9 Å². The molecule has 0 aliphatic carbocycles. The molecule has 90 valence electrons. The van der Waals surface area contributed by atoms with Gasteiger partial charge in [0.25, 0.3) is 0 Å². The molecule has 0 aliphatic rings. The molecule has 1 aromatic carbocycles. The van der Waals surface area contributed by atoms with Gasteiger partial charge in [0.1, 0.15) is 17.4 Å². The van der Waals surface area contributed by atoms with Crippen LogP contribution < -0.4 is 5.73 Å².